The molecule has 0 aliphatic carbocycles. The first kappa shape index (κ1) is 10.6. The summed E-state index contributed by atoms with van der Waals surface area (Å²) in [4.78, 5) is 0. The number of aryl methyl sites for hydroxylation is 1. The Morgan fingerprint density at radius 3 is 2.36 bits per heavy atom. The van der Waals surface area contributed by atoms with Gasteiger partial charge < -0.3 is 4.74 Å². The van der Waals surface area contributed by atoms with Gasteiger partial charge in [0.05, 0.1) is 0 Å². The second-order valence-corrected chi connectivity index (χ2v) is 2.83. The van der Waals surface area contributed by atoms with Gasteiger partial charge in [-0.05, 0) is 31.0 Å². The average Bonchev–Trinajstić information content (AvgIpc) is 2.12. The highest BCUT2D eigenvalue weighted by molar-refractivity contribution is 5.38. The molecular formula is C10H9F3O. The predicted octanol–water partition coefficient (Wildman–Crippen LogP) is 3.72. The maximum Gasteiger partial charge on any atom is 0.344 e. The Morgan fingerprint density at radius 1 is 1.14 bits per heavy atom. The van der Waals surface area contributed by atoms with E-state index >= 15 is 0 Å². The molecule has 0 atom stereocenters. The van der Waals surface area contributed by atoms with Crippen LogP contribution in [-0.4, -0.2) is 0 Å². The van der Waals surface area contributed by atoms with E-state index in [9.17, 15) is 13.2 Å². The Hall–Kier alpha value is -1.45. The maximum absolute atomic E-state index is 12.4. The minimum absolute atomic E-state index is 0.107. The zero-order valence-corrected chi connectivity index (χ0v) is 7.77. The molecule has 0 aliphatic heterocycles. The van der Waals surface area contributed by atoms with E-state index in [0.29, 0.717) is 5.56 Å². The Kier molecular flexibility index (Phi) is 3.17. The van der Waals surface area contributed by atoms with Crippen molar-refractivity contribution in [2.75, 3.05) is 0 Å². The van der Waals surface area contributed by atoms with E-state index in [4.69, 9.17) is 0 Å². The van der Waals surface area contributed by atoms with Crippen LogP contribution in [-0.2, 0) is 0 Å². The first-order chi connectivity index (χ1) is 6.52. The van der Waals surface area contributed by atoms with E-state index in [1.165, 1.54) is 6.07 Å². The van der Waals surface area contributed by atoms with E-state index in [0.717, 1.165) is 5.56 Å². The quantitative estimate of drug-likeness (QED) is 0.664. The van der Waals surface area contributed by atoms with Gasteiger partial charge in [-0.3, -0.25) is 0 Å². The number of rotatable bonds is 2. The summed E-state index contributed by atoms with van der Waals surface area (Å²) in [6, 6.07) is 2.99. The van der Waals surface area contributed by atoms with E-state index < -0.39 is 12.1 Å². The van der Waals surface area contributed by atoms with Gasteiger partial charge in [-0.2, -0.15) is 13.2 Å². The molecule has 0 bridgehead atoms. The molecule has 0 radical (unpaired) electrons. The van der Waals surface area contributed by atoms with Crippen LogP contribution in [0.5, 0.6) is 5.75 Å². The van der Waals surface area contributed by atoms with Gasteiger partial charge in [0, 0.05) is 0 Å². The summed E-state index contributed by atoms with van der Waals surface area (Å²) < 4.78 is 40.2. The van der Waals surface area contributed by atoms with Crippen molar-refractivity contribution in [1.82, 2.24) is 0 Å². The molecule has 1 rings (SSSR count). The lowest BCUT2D eigenvalue weighted by Gasteiger charge is -2.07. The summed E-state index contributed by atoms with van der Waals surface area (Å²) >= 11 is 0. The Bertz CT molecular complexity index is 368. The molecule has 1 aromatic rings. The minimum Gasteiger partial charge on any atom is -0.428 e. The molecule has 14 heavy (non-hydrogen) atoms. The van der Waals surface area contributed by atoms with Crippen molar-refractivity contribution in [1.29, 1.82) is 0 Å². The summed E-state index contributed by atoms with van der Waals surface area (Å²) in [5, 5.41) is 0. The van der Waals surface area contributed by atoms with Crippen LogP contribution in [0.3, 0.4) is 0 Å². The number of benzene rings is 1. The standard InChI is InChI=1S/C10H9F3O/c1-6-4-3-5-8(7(6)2)14-10(13)9(11)12/h3-5H,1-2H3. The van der Waals surface area contributed by atoms with Crippen molar-refractivity contribution < 1.29 is 17.9 Å². The monoisotopic (exact) mass is 202 g/mol. The summed E-state index contributed by atoms with van der Waals surface area (Å²) in [5.41, 5.74) is 1.50. The maximum atomic E-state index is 12.4. The van der Waals surface area contributed by atoms with Gasteiger partial charge in [0.15, 0.2) is 0 Å². The first-order valence-electron chi connectivity index (χ1n) is 3.97. The second-order valence-electron chi connectivity index (χ2n) is 2.83. The summed E-state index contributed by atoms with van der Waals surface area (Å²) in [5.74, 6) is 0.107. The molecule has 0 saturated carbocycles. The van der Waals surface area contributed by atoms with Crippen molar-refractivity contribution in [2.45, 2.75) is 13.8 Å². The van der Waals surface area contributed by atoms with E-state index in [-0.39, 0.29) is 5.75 Å². The van der Waals surface area contributed by atoms with Crippen molar-refractivity contribution in [3.8, 4) is 5.75 Å². The van der Waals surface area contributed by atoms with Crippen molar-refractivity contribution in [3.63, 3.8) is 0 Å². The fraction of sp³-hybridized carbons (Fsp3) is 0.200. The number of hydrogen-bond acceptors (Lipinski definition) is 1. The van der Waals surface area contributed by atoms with Crippen molar-refractivity contribution >= 4 is 0 Å². The highest BCUT2D eigenvalue weighted by Crippen LogP contribution is 2.24. The lowest BCUT2D eigenvalue weighted by atomic mass is 10.1. The molecular weight excluding hydrogens is 193 g/mol. The lowest BCUT2D eigenvalue weighted by molar-refractivity contribution is 0.240. The smallest absolute Gasteiger partial charge is 0.344 e. The third-order valence-corrected chi connectivity index (χ3v) is 1.90. The molecule has 0 spiro atoms. The third-order valence-electron chi connectivity index (χ3n) is 1.90. The van der Waals surface area contributed by atoms with E-state index in [1.807, 2.05) is 0 Å². The average molecular weight is 202 g/mol. The molecule has 1 aromatic carbocycles. The molecule has 0 N–H and O–H groups in total. The molecule has 4 heteroatoms. The number of hydrogen-bond donors (Lipinski definition) is 0. The highest BCUT2D eigenvalue weighted by atomic mass is 19.3. The van der Waals surface area contributed by atoms with Crippen LogP contribution >= 0.6 is 0 Å². The molecule has 0 unspecified atom stereocenters. The summed E-state index contributed by atoms with van der Waals surface area (Å²) in [6.45, 7) is 3.46. The van der Waals surface area contributed by atoms with Crippen LogP contribution in [0.4, 0.5) is 13.2 Å². The van der Waals surface area contributed by atoms with E-state index in [1.54, 1.807) is 26.0 Å². The SMILES string of the molecule is Cc1cccc(OC(F)=C(F)F)c1C. The van der Waals surface area contributed by atoms with Crippen LogP contribution in [0.2, 0.25) is 0 Å². The molecule has 0 fully saturated rings. The zero-order valence-electron chi connectivity index (χ0n) is 7.77. The molecule has 0 saturated heterocycles. The minimum atomic E-state index is -2.45. The Morgan fingerprint density at radius 2 is 1.79 bits per heavy atom. The fourth-order valence-corrected chi connectivity index (χ4v) is 0.970. The summed E-state index contributed by atoms with van der Waals surface area (Å²) in [7, 11) is 0. The second kappa shape index (κ2) is 4.17. The first-order valence-corrected chi connectivity index (χ1v) is 3.97. The summed E-state index contributed by atoms with van der Waals surface area (Å²) in [6.07, 6.45) is -2.45. The van der Waals surface area contributed by atoms with Gasteiger partial charge in [0.25, 0.3) is 0 Å². The van der Waals surface area contributed by atoms with Crippen LogP contribution in [0, 0.1) is 13.8 Å². The van der Waals surface area contributed by atoms with Crippen LogP contribution in [0.15, 0.2) is 30.3 Å². The molecule has 0 aromatic heterocycles. The van der Waals surface area contributed by atoms with Crippen LogP contribution < -0.4 is 4.74 Å². The molecule has 76 valence electrons. The Balaban J connectivity index is 2.99. The molecule has 0 heterocycles. The van der Waals surface area contributed by atoms with Crippen molar-refractivity contribution in [2.24, 2.45) is 0 Å². The van der Waals surface area contributed by atoms with Gasteiger partial charge in [0.2, 0.25) is 0 Å². The molecule has 1 nitrogen and oxygen atoms in total. The largest absolute Gasteiger partial charge is 0.428 e. The van der Waals surface area contributed by atoms with E-state index in [2.05, 4.69) is 4.74 Å². The van der Waals surface area contributed by atoms with Gasteiger partial charge >= 0.3 is 12.1 Å². The third kappa shape index (κ3) is 2.28. The molecule has 0 aliphatic rings. The molecule has 0 amide bonds. The number of ether oxygens (including phenoxy) is 1. The Labute approximate surface area is 79.8 Å². The van der Waals surface area contributed by atoms with Gasteiger partial charge in [-0.25, -0.2) is 0 Å². The van der Waals surface area contributed by atoms with Crippen LogP contribution in [0.25, 0.3) is 0 Å². The number of halogens is 3. The van der Waals surface area contributed by atoms with Crippen LogP contribution in [0.1, 0.15) is 11.1 Å². The van der Waals surface area contributed by atoms with Gasteiger partial charge in [0.1, 0.15) is 5.75 Å². The lowest BCUT2D eigenvalue weighted by Crippen LogP contribution is -1.94. The normalized spacial score (nSPS) is 9.79. The van der Waals surface area contributed by atoms with Gasteiger partial charge in [-0.1, -0.05) is 12.1 Å². The zero-order chi connectivity index (χ0) is 10.7. The van der Waals surface area contributed by atoms with Gasteiger partial charge in [-0.15, -0.1) is 0 Å². The van der Waals surface area contributed by atoms with Crippen molar-refractivity contribution in [3.05, 3.63) is 41.4 Å². The highest BCUT2D eigenvalue weighted by Gasteiger charge is 2.09. The topological polar surface area (TPSA) is 9.23 Å². The predicted molar refractivity (Wildman–Crippen MR) is 46.9 cm³/mol. The fourth-order valence-electron chi connectivity index (χ4n) is 0.970.